The molecule has 1 aliphatic rings. The average molecular weight is 412 g/mol. The van der Waals surface area contributed by atoms with E-state index in [1.54, 1.807) is 7.05 Å². The van der Waals surface area contributed by atoms with E-state index in [9.17, 15) is 9.59 Å². The third-order valence-electron chi connectivity index (χ3n) is 5.71. The standard InChI is InChI=1S/C22H29N5O3/c1-14-7-6-8-17(9-14)12-27-18(13-26-10-15(2)30-16(3)11-26)23-20-19(27)21(28)25(5)22(29)24(20)4/h6-9,15-16H,10-13H2,1-5H3. The molecule has 160 valence electrons. The molecule has 8 nitrogen and oxygen atoms in total. The molecule has 0 radical (unpaired) electrons. The van der Waals surface area contributed by atoms with Crippen LogP contribution in [0.2, 0.25) is 0 Å². The molecular formula is C22H29N5O3. The zero-order valence-corrected chi connectivity index (χ0v) is 18.3. The van der Waals surface area contributed by atoms with E-state index < -0.39 is 0 Å². The molecule has 8 heteroatoms. The fourth-order valence-electron chi connectivity index (χ4n) is 4.39. The molecule has 0 bridgehead atoms. The number of aromatic nitrogens is 4. The van der Waals surface area contributed by atoms with Crippen molar-refractivity contribution in [1.82, 2.24) is 23.6 Å². The summed E-state index contributed by atoms with van der Waals surface area (Å²) >= 11 is 0. The highest BCUT2D eigenvalue weighted by atomic mass is 16.5. The molecule has 0 aliphatic carbocycles. The van der Waals surface area contributed by atoms with Gasteiger partial charge in [0, 0.05) is 33.7 Å². The number of aryl methyl sites for hydroxylation is 2. The minimum Gasteiger partial charge on any atom is -0.373 e. The van der Waals surface area contributed by atoms with Gasteiger partial charge in [0.05, 0.1) is 18.8 Å². The van der Waals surface area contributed by atoms with Gasteiger partial charge in [0.1, 0.15) is 5.82 Å². The number of morpholine rings is 1. The second-order valence-corrected chi connectivity index (χ2v) is 8.43. The highest BCUT2D eigenvalue weighted by Crippen LogP contribution is 2.19. The summed E-state index contributed by atoms with van der Waals surface area (Å²) in [5.41, 5.74) is 2.46. The van der Waals surface area contributed by atoms with E-state index >= 15 is 0 Å². The van der Waals surface area contributed by atoms with E-state index in [0.717, 1.165) is 34.6 Å². The Morgan fingerprint density at radius 2 is 1.77 bits per heavy atom. The summed E-state index contributed by atoms with van der Waals surface area (Å²) in [6.45, 7) is 8.90. The summed E-state index contributed by atoms with van der Waals surface area (Å²) < 4.78 is 10.4. The second kappa shape index (κ2) is 7.85. The molecular weight excluding hydrogens is 382 g/mol. The largest absolute Gasteiger partial charge is 0.373 e. The summed E-state index contributed by atoms with van der Waals surface area (Å²) in [5, 5.41) is 0. The van der Waals surface area contributed by atoms with Crippen LogP contribution in [0, 0.1) is 6.92 Å². The fourth-order valence-corrected chi connectivity index (χ4v) is 4.39. The van der Waals surface area contributed by atoms with E-state index in [0.29, 0.717) is 24.3 Å². The SMILES string of the molecule is Cc1cccc(Cn2c(CN3CC(C)OC(C)C3)nc3c2c(=O)n(C)c(=O)n3C)c1. The van der Waals surface area contributed by atoms with Crippen LogP contribution in [-0.2, 0) is 31.9 Å². The maximum atomic E-state index is 13.0. The molecule has 1 fully saturated rings. The molecule has 2 atom stereocenters. The van der Waals surface area contributed by atoms with Crippen LogP contribution in [0.25, 0.3) is 11.2 Å². The van der Waals surface area contributed by atoms with Crippen molar-refractivity contribution in [1.29, 1.82) is 0 Å². The Balaban J connectivity index is 1.86. The van der Waals surface area contributed by atoms with Gasteiger partial charge in [0.15, 0.2) is 11.2 Å². The number of imidazole rings is 1. The number of hydrogen-bond donors (Lipinski definition) is 0. The Kier molecular flexibility index (Phi) is 5.38. The summed E-state index contributed by atoms with van der Waals surface area (Å²) in [7, 11) is 3.18. The lowest BCUT2D eigenvalue weighted by Gasteiger charge is -2.35. The molecule has 0 spiro atoms. The van der Waals surface area contributed by atoms with E-state index in [4.69, 9.17) is 9.72 Å². The van der Waals surface area contributed by atoms with Crippen molar-refractivity contribution < 1.29 is 4.74 Å². The lowest BCUT2D eigenvalue weighted by Crippen LogP contribution is -2.45. The third-order valence-corrected chi connectivity index (χ3v) is 5.71. The van der Waals surface area contributed by atoms with Gasteiger partial charge in [-0.3, -0.25) is 18.8 Å². The Bertz CT molecular complexity index is 1200. The number of ether oxygens (including phenoxy) is 1. The minimum atomic E-state index is -0.368. The normalized spacial score (nSPS) is 20.2. The van der Waals surface area contributed by atoms with Gasteiger partial charge < -0.3 is 9.30 Å². The molecule has 3 heterocycles. The molecule has 30 heavy (non-hydrogen) atoms. The maximum absolute atomic E-state index is 13.0. The first-order valence-electron chi connectivity index (χ1n) is 10.3. The van der Waals surface area contributed by atoms with Crippen molar-refractivity contribution in [3.05, 3.63) is 62.1 Å². The molecule has 1 saturated heterocycles. The quantitative estimate of drug-likeness (QED) is 0.649. The minimum absolute atomic E-state index is 0.139. The third kappa shape index (κ3) is 3.73. The molecule has 2 unspecified atom stereocenters. The molecule has 0 N–H and O–H groups in total. The van der Waals surface area contributed by atoms with Crippen LogP contribution in [0.3, 0.4) is 0 Å². The van der Waals surface area contributed by atoms with Gasteiger partial charge in [0.25, 0.3) is 5.56 Å². The van der Waals surface area contributed by atoms with Gasteiger partial charge in [-0.2, -0.15) is 0 Å². The zero-order chi connectivity index (χ0) is 21.6. The van der Waals surface area contributed by atoms with Crippen molar-refractivity contribution in [2.24, 2.45) is 14.1 Å². The van der Waals surface area contributed by atoms with Crippen molar-refractivity contribution in [3.63, 3.8) is 0 Å². The van der Waals surface area contributed by atoms with Crippen molar-refractivity contribution in [2.45, 2.75) is 46.1 Å². The number of hydrogen-bond acceptors (Lipinski definition) is 5. The summed E-state index contributed by atoms with van der Waals surface area (Å²) in [5.74, 6) is 0.783. The first kappa shape index (κ1) is 20.6. The predicted octanol–water partition coefficient (Wildman–Crippen LogP) is 1.40. The summed E-state index contributed by atoms with van der Waals surface area (Å²) in [4.78, 5) is 32.6. The van der Waals surface area contributed by atoms with E-state index in [1.807, 2.05) is 16.7 Å². The maximum Gasteiger partial charge on any atom is 0.332 e. The lowest BCUT2D eigenvalue weighted by atomic mass is 10.1. The molecule has 4 rings (SSSR count). The van der Waals surface area contributed by atoms with Crippen molar-refractivity contribution in [3.8, 4) is 0 Å². The zero-order valence-electron chi connectivity index (χ0n) is 18.3. The lowest BCUT2D eigenvalue weighted by molar-refractivity contribution is -0.0712. The van der Waals surface area contributed by atoms with Crippen molar-refractivity contribution >= 4 is 11.2 Å². The first-order chi connectivity index (χ1) is 14.2. The van der Waals surface area contributed by atoms with Gasteiger partial charge >= 0.3 is 5.69 Å². The first-order valence-corrected chi connectivity index (χ1v) is 10.3. The number of rotatable bonds is 4. The van der Waals surface area contributed by atoms with Crippen LogP contribution in [0.5, 0.6) is 0 Å². The van der Waals surface area contributed by atoms with Gasteiger partial charge in [0.2, 0.25) is 0 Å². The number of nitrogens with zero attached hydrogens (tertiary/aromatic N) is 5. The molecule has 2 aromatic heterocycles. The van der Waals surface area contributed by atoms with Crippen LogP contribution in [0.4, 0.5) is 0 Å². The second-order valence-electron chi connectivity index (χ2n) is 8.43. The fraction of sp³-hybridized carbons (Fsp3) is 0.500. The van der Waals surface area contributed by atoms with Gasteiger partial charge in [-0.05, 0) is 26.3 Å². The Hall–Kier alpha value is -2.71. The van der Waals surface area contributed by atoms with E-state index in [-0.39, 0.29) is 23.5 Å². The van der Waals surface area contributed by atoms with E-state index in [2.05, 4.69) is 37.8 Å². The van der Waals surface area contributed by atoms with Crippen LogP contribution in [-0.4, -0.2) is 48.9 Å². The monoisotopic (exact) mass is 411 g/mol. The van der Waals surface area contributed by atoms with Crippen LogP contribution in [0.15, 0.2) is 33.9 Å². The number of benzene rings is 1. The Morgan fingerprint density at radius 3 is 2.43 bits per heavy atom. The van der Waals surface area contributed by atoms with Crippen LogP contribution in [0.1, 0.15) is 30.8 Å². The van der Waals surface area contributed by atoms with E-state index in [1.165, 1.54) is 11.6 Å². The molecule has 1 aliphatic heterocycles. The van der Waals surface area contributed by atoms with Gasteiger partial charge in [-0.25, -0.2) is 9.78 Å². The molecule has 1 aromatic carbocycles. The van der Waals surface area contributed by atoms with Gasteiger partial charge in [-0.15, -0.1) is 0 Å². The predicted molar refractivity (Wildman–Crippen MR) is 116 cm³/mol. The van der Waals surface area contributed by atoms with Crippen molar-refractivity contribution in [2.75, 3.05) is 13.1 Å². The van der Waals surface area contributed by atoms with Gasteiger partial charge in [-0.1, -0.05) is 29.8 Å². The Labute approximate surface area is 175 Å². The summed E-state index contributed by atoms with van der Waals surface area (Å²) in [6, 6.07) is 8.23. The highest BCUT2D eigenvalue weighted by Gasteiger charge is 2.25. The molecule has 0 amide bonds. The van der Waals surface area contributed by atoms with Crippen LogP contribution < -0.4 is 11.2 Å². The smallest absolute Gasteiger partial charge is 0.332 e. The Morgan fingerprint density at radius 1 is 1.07 bits per heavy atom. The topological polar surface area (TPSA) is 74.3 Å². The summed E-state index contributed by atoms with van der Waals surface area (Å²) in [6.07, 6.45) is 0.279. The molecule has 0 saturated carbocycles. The van der Waals surface area contributed by atoms with Crippen LogP contribution >= 0.6 is 0 Å². The highest BCUT2D eigenvalue weighted by molar-refractivity contribution is 5.71. The molecule has 3 aromatic rings. The average Bonchev–Trinajstić information content (AvgIpc) is 3.02. The number of fused-ring (bicyclic) bond motifs is 1.